The highest BCUT2D eigenvalue weighted by Crippen LogP contribution is 2.29. The fourth-order valence-electron chi connectivity index (χ4n) is 2.25. The molecule has 1 aliphatic rings. The van der Waals surface area contributed by atoms with Gasteiger partial charge in [-0.1, -0.05) is 17.7 Å². The maximum atomic E-state index is 11.3. The molecule has 1 aromatic rings. The fraction of sp³-hybridized carbons (Fsp3) is 0.417. The minimum Gasteiger partial charge on any atom is -0.368 e. The van der Waals surface area contributed by atoms with Crippen molar-refractivity contribution in [1.29, 1.82) is 0 Å². The van der Waals surface area contributed by atoms with E-state index in [-0.39, 0.29) is 11.9 Å². The van der Waals surface area contributed by atoms with Crippen molar-refractivity contribution in [3.63, 3.8) is 0 Å². The molecule has 0 aliphatic carbocycles. The van der Waals surface area contributed by atoms with Crippen LogP contribution in [0.2, 0.25) is 5.02 Å². The third-order valence-electron chi connectivity index (χ3n) is 3.17. The predicted octanol–water partition coefficient (Wildman–Crippen LogP) is 1.25. The first-order valence-electron chi connectivity index (χ1n) is 5.68. The van der Waals surface area contributed by atoms with Crippen LogP contribution in [-0.2, 0) is 11.3 Å². The molecule has 0 spiro atoms. The Bertz CT molecular complexity index is 436. The molecule has 1 unspecified atom stereocenters. The summed E-state index contributed by atoms with van der Waals surface area (Å²) in [6.45, 7) is 1.25. The van der Waals surface area contributed by atoms with Crippen LogP contribution in [0.4, 0.5) is 5.69 Å². The third-order valence-corrected chi connectivity index (χ3v) is 3.52. The zero-order valence-corrected chi connectivity index (χ0v) is 10.3. The second-order valence-corrected chi connectivity index (χ2v) is 4.64. The average molecular weight is 254 g/mol. The Hall–Kier alpha value is -1.26. The standard InChI is InChI=1S/C12H16ClN3O/c13-10-6-9(4-3-8(10)7-14)16-5-1-2-11(16)12(15)17/h3-4,6,11H,1-2,5,7,14H2,(H2,15,17). The second kappa shape index (κ2) is 4.94. The van der Waals surface area contributed by atoms with Gasteiger partial charge in [-0.05, 0) is 30.5 Å². The number of halogens is 1. The number of primary amides is 1. The summed E-state index contributed by atoms with van der Waals surface area (Å²) in [5.74, 6) is -0.276. The number of carbonyl (C=O) groups is 1. The molecule has 5 heteroatoms. The van der Waals surface area contributed by atoms with Crippen LogP contribution in [0.5, 0.6) is 0 Å². The number of benzene rings is 1. The van der Waals surface area contributed by atoms with Gasteiger partial charge in [0.15, 0.2) is 0 Å². The van der Waals surface area contributed by atoms with E-state index in [1.54, 1.807) is 0 Å². The first kappa shape index (κ1) is 12.2. The maximum Gasteiger partial charge on any atom is 0.240 e. The molecule has 0 radical (unpaired) electrons. The molecule has 0 bridgehead atoms. The smallest absolute Gasteiger partial charge is 0.240 e. The van der Waals surface area contributed by atoms with Crippen molar-refractivity contribution in [2.24, 2.45) is 11.5 Å². The summed E-state index contributed by atoms with van der Waals surface area (Å²) in [7, 11) is 0. The van der Waals surface area contributed by atoms with Gasteiger partial charge in [0, 0.05) is 23.8 Å². The van der Waals surface area contributed by atoms with Crippen LogP contribution >= 0.6 is 11.6 Å². The molecule has 2 rings (SSSR count). The molecule has 0 aromatic heterocycles. The lowest BCUT2D eigenvalue weighted by molar-refractivity contribution is -0.119. The molecule has 92 valence electrons. The highest BCUT2D eigenvalue weighted by molar-refractivity contribution is 6.31. The second-order valence-electron chi connectivity index (χ2n) is 4.23. The quantitative estimate of drug-likeness (QED) is 0.852. The fourth-order valence-corrected chi connectivity index (χ4v) is 2.50. The highest BCUT2D eigenvalue weighted by Gasteiger charge is 2.29. The van der Waals surface area contributed by atoms with Gasteiger partial charge in [0.2, 0.25) is 5.91 Å². The van der Waals surface area contributed by atoms with Gasteiger partial charge in [0.05, 0.1) is 0 Å². The number of nitrogens with zero attached hydrogens (tertiary/aromatic N) is 1. The molecular formula is C12H16ClN3O. The lowest BCUT2D eigenvalue weighted by Crippen LogP contribution is -2.40. The van der Waals surface area contributed by atoms with E-state index in [1.807, 2.05) is 23.1 Å². The SMILES string of the molecule is NCc1ccc(N2CCCC2C(N)=O)cc1Cl. The predicted molar refractivity (Wildman–Crippen MR) is 68.9 cm³/mol. The van der Waals surface area contributed by atoms with Crippen molar-refractivity contribution in [2.45, 2.75) is 25.4 Å². The first-order valence-corrected chi connectivity index (χ1v) is 6.05. The first-order chi connectivity index (χ1) is 8.13. The Kier molecular flexibility index (Phi) is 3.54. The van der Waals surface area contributed by atoms with Crippen LogP contribution < -0.4 is 16.4 Å². The van der Waals surface area contributed by atoms with E-state index in [0.717, 1.165) is 30.6 Å². The van der Waals surface area contributed by atoms with Crippen LogP contribution in [-0.4, -0.2) is 18.5 Å². The van der Waals surface area contributed by atoms with E-state index < -0.39 is 0 Å². The Balaban J connectivity index is 2.27. The van der Waals surface area contributed by atoms with E-state index >= 15 is 0 Å². The molecule has 1 aromatic carbocycles. The summed E-state index contributed by atoms with van der Waals surface area (Å²) in [6.07, 6.45) is 1.79. The third kappa shape index (κ3) is 2.37. The Morgan fingerprint density at radius 2 is 2.29 bits per heavy atom. The average Bonchev–Trinajstić information content (AvgIpc) is 2.77. The minimum atomic E-state index is -0.276. The van der Waals surface area contributed by atoms with E-state index in [9.17, 15) is 4.79 Å². The molecule has 17 heavy (non-hydrogen) atoms. The van der Waals surface area contributed by atoms with Crippen molar-refractivity contribution < 1.29 is 4.79 Å². The molecule has 1 amide bonds. The van der Waals surface area contributed by atoms with E-state index in [4.69, 9.17) is 23.1 Å². The summed E-state index contributed by atoms with van der Waals surface area (Å²) in [5, 5.41) is 0.639. The van der Waals surface area contributed by atoms with Gasteiger partial charge >= 0.3 is 0 Å². The van der Waals surface area contributed by atoms with Crippen LogP contribution in [0.15, 0.2) is 18.2 Å². The zero-order chi connectivity index (χ0) is 12.4. The summed E-state index contributed by atoms with van der Waals surface area (Å²) in [6, 6.07) is 5.48. The Labute approximate surface area is 106 Å². The number of hydrogen-bond donors (Lipinski definition) is 2. The largest absolute Gasteiger partial charge is 0.368 e. The molecule has 4 N–H and O–H groups in total. The summed E-state index contributed by atoms with van der Waals surface area (Å²) in [4.78, 5) is 13.3. The molecule has 4 nitrogen and oxygen atoms in total. The minimum absolute atomic E-state index is 0.213. The normalized spacial score (nSPS) is 19.6. The molecule has 1 aliphatic heterocycles. The topological polar surface area (TPSA) is 72.3 Å². The number of anilines is 1. The molecule has 0 saturated carbocycles. The summed E-state index contributed by atoms with van der Waals surface area (Å²) in [5.41, 5.74) is 12.8. The number of hydrogen-bond acceptors (Lipinski definition) is 3. The van der Waals surface area contributed by atoms with E-state index in [0.29, 0.717) is 11.6 Å². The van der Waals surface area contributed by atoms with Crippen molar-refractivity contribution in [1.82, 2.24) is 0 Å². The molecule has 1 saturated heterocycles. The lowest BCUT2D eigenvalue weighted by atomic mass is 10.1. The van der Waals surface area contributed by atoms with Gasteiger partial charge in [0.25, 0.3) is 0 Å². The Morgan fingerprint density at radius 1 is 1.53 bits per heavy atom. The van der Waals surface area contributed by atoms with Crippen LogP contribution in [0.25, 0.3) is 0 Å². The summed E-state index contributed by atoms with van der Waals surface area (Å²) >= 11 is 6.11. The molecule has 1 heterocycles. The van der Waals surface area contributed by atoms with Gasteiger partial charge in [0.1, 0.15) is 6.04 Å². The Morgan fingerprint density at radius 3 is 2.88 bits per heavy atom. The van der Waals surface area contributed by atoms with Crippen molar-refractivity contribution >= 4 is 23.2 Å². The van der Waals surface area contributed by atoms with E-state index in [2.05, 4.69) is 0 Å². The van der Waals surface area contributed by atoms with Gasteiger partial charge in [-0.25, -0.2) is 0 Å². The van der Waals surface area contributed by atoms with Crippen LogP contribution in [0.1, 0.15) is 18.4 Å². The number of carbonyl (C=O) groups excluding carboxylic acids is 1. The van der Waals surface area contributed by atoms with Gasteiger partial charge in [-0.15, -0.1) is 0 Å². The molecular weight excluding hydrogens is 238 g/mol. The molecule has 1 fully saturated rings. The van der Waals surface area contributed by atoms with E-state index in [1.165, 1.54) is 0 Å². The zero-order valence-electron chi connectivity index (χ0n) is 9.53. The highest BCUT2D eigenvalue weighted by atomic mass is 35.5. The summed E-state index contributed by atoms with van der Waals surface area (Å²) < 4.78 is 0. The number of amides is 1. The van der Waals surface area contributed by atoms with Gasteiger partial charge in [-0.2, -0.15) is 0 Å². The van der Waals surface area contributed by atoms with Crippen molar-refractivity contribution in [3.8, 4) is 0 Å². The van der Waals surface area contributed by atoms with Gasteiger partial charge in [-0.3, -0.25) is 4.79 Å². The van der Waals surface area contributed by atoms with Gasteiger partial charge < -0.3 is 16.4 Å². The van der Waals surface area contributed by atoms with Crippen molar-refractivity contribution in [3.05, 3.63) is 28.8 Å². The van der Waals surface area contributed by atoms with Crippen molar-refractivity contribution in [2.75, 3.05) is 11.4 Å². The maximum absolute atomic E-state index is 11.3. The van der Waals surface area contributed by atoms with Crippen LogP contribution in [0, 0.1) is 0 Å². The number of rotatable bonds is 3. The monoisotopic (exact) mass is 253 g/mol. The molecule has 1 atom stereocenters. The van der Waals surface area contributed by atoms with Crippen LogP contribution in [0.3, 0.4) is 0 Å². The lowest BCUT2D eigenvalue weighted by Gasteiger charge is -2.24. The number of nitrogens with two attached hydrogens (primary N) is 2.